The van der Waals surface area contributed by atoms with E-state index in [-0.39, 0.29) is 19.1 Å². The van der Waals surface area contributed by atoms with E-state index in [0.717, 1.165) is 11.1 Å². The van der Waals surface area contributed by atoms with Crippen LogP contribution in [0.15, 0.2) is 60.7 Å². The Morgan fingerprint density at radius 2 is 1.38 bits per heavy atom. The van der Waals surface area contributed by atoms with E-state index in [1.165, 1.54) is 0 Å². The SMILES string of the molecule is CC[C@H](NC(=O)[C@@H](CC)NC(=O)[C@H](CC(=O)O)NC(=O)OCc1ccccc1)c1ccccc1. The average Bonchev–Trinajstić information content (AvgIpc) is 2.84. The van der Waals surface area contributed by atoms with Gasteiger partial charge in [-0.1, -0.05) is 74.5 Å². The number of carbonyl (C=O) groups excluding carboxylic acids is 3. The number of carboxylic acid groups (broad SMARTS) is 1. The van der Waals surface area contributed by atoms with Crippen LogP contribution in [0, 0.1) is 0 Å². The van der Waals surface area contributed by atoms with Crippen LogP contribution in [0.5, 0.6) is 0 Å². The van der Waals surface area contributed by atoms with Crippen LogP contribution in [-0.4, -0.2) is 41.1 Å². The Morgan fingerprint density at radius 1 is 0.794 bits per heavy atom. The van der Waals surface area contributed by atoms with Crippen LogP contribution < -0.4 is 16.0 Å². The van der Waals surface area contributed by atoms with Gasteiger partial charge in [-0.05, 0) is 24.0 Å². The minimum atomic E-state index is -1.40. The van der Waals surface area contributed by atoms with Gasteiger partial charge in [0.2, 0.25) is 11.8 Å². The first-order valence-corrected chi connectivity index (χ1v) is 11.2. The summed E-state index contributed by atoms with van der Waals surface area (Å²) in [5, 5.41) is 16.9. The summed E-state index contributed by atoms with van der Waals surface area (Å²) in [6.45, 7) is 3.62. The molecule has 182 valence electrons. The van der Waals surface area contributed by atoms with Crippen molar-refractivity contribution < 1.29 is 29.0 Å². The smallest absolute Gasteiger partial charge is 0.408 e. The van der Waals surface area contributed by atoms with Gasteiger partial charge in [-0.25, -0.2) is 4.79 Å². The summed E-state index contributed by atoms with van der Waals surface area (Å²) in [5.41, 5.74) is 1.68. The number of aliphatic carboxylic acids is 1. The van der Waals surface area contributed by atoms with Gasteiger partial charge >= 0.3 is 12.1 Å². The second-order valence-corrected chi connectivity index (χ2v) is 7.71. The molecule has 2 aromatic carbocycles. The second kappa shape index (κ2) is 13.6. The Bertz CT molecular complexity index is 952. The zero-order valence-corrected chi connectivity index (χ0v) is 19.3. The number of carboxylic acids is 1. The van der Waals surface area contributed by atoms with E-state index in [0.29, 0.717) is 6.42 Å². The van der Waals surface area contributed by atoms with Crippen LogP contribution in [0.3, 0.4) is 0 Å². The summed E-state index contributed by atoms with van der Waals surface area (Å²) in [7, 11) is 0. The molecule has 0 aliphatic rings. The Balaban J connectivity index is 1.98. The summed E-state index contributed by atoms with van der Waals surface area (Å²) in [4.78, 5) is 49.0. The molecule has 3 atom stereocenters. The fraction of sp³-hybridized carbons (Fsp3) is 0.360. The zero-order chi connectivity index (χ0) is 24.9. The zero-order valence-electron chi connectivity index (χ0n) is 19.3. The highest BCUT2D eigenvalue weighted by Crippen LogP contribution is 2.16. The van der Waals surface area contributed by atoms with E-state index >= 15 is 0 Å². The number of benzene rings is 2. The van der Waals surface area contributed by atoms with E-state index in [1.54, 1.807) is 31.2 Å². The molecular weight excluding hydrogens is 438 g/mol. The minimum Gasteiger partial charge on any atom is -0.481 e. The van der Waals surface area contributed by atoms with Crippen molar-refractivity contribution in [1.82, 2.24) is 16.0 Å². The van der Waals surface area contributed by atoms with Crippen LogP contribution in [0.1, 0.15) is 50.3 Å². The summed E-state index contributed by atoms with van der Waals surface area (Å²) >= 11 is 0. The number of rotatable bonds is 12. The molecule has 0 saturated heterocycles. The molecule has 3 amide bonds. The highest BCUT2D eigenvalue weighted by molar-refractivity contribution is 5.93. The van der Waals surface area contributed by atoms with E-state index in [9.17, 15) is 24.3 Å². The Labute approximate surface area is 198 Å². The van der Waals surface area contributed by atoms with Crippen molar-refractivity contribution in [3.05, 3.63) is 71.8 Å². The van der Waals surface area contributed by atoms with E-state index in [4.69, 9.17) is 4.74 Å². The van der Waals surface area contributed by atoms with Gasteiger partial charge in [0.1, 0.15) is 18.7 Å². The molecule has 34 heavy (non-hydrogen) atoms. The molecule has 0 fully saturated rings. The number of alkyl carbamates (subject to hydrolysis) is 1. The molecule has 9 nitrogen and oxygen atoms in total. The van der Waals surface area contributed by atoms with E-state index < -0.39 is 42.4 Å². The van der Waals surface area contributed by atoms with Crippen molar-refractivity contribution in [3.63, 3.8) is 0 Å². The number of hydrogen-bond donors (Lipinski definition) is 4. The molecule has 0 saturated carbocycles. The van der Waals surface area contributed by atoms with Crippen LogP contribution >= 0.6 is 0 Å². The van der Waals surface area contributed by atoms with Gasteiger partial charge in [0.05, 0.1) is 12.5 Å². The van der Waals surface area contributed by atoms with Crippen LogP contribution in [0.2, 0.25) is 0 Å². The van der Waals surface area contributed by atoms with E-state index in [2.05, 4.69) is 16.0 Å². The number of nitrogens with one attached hydrogen (secondary N) is 3. The fourth-order valence-electron chi connectivity index (χ4n) is 3.30. The molecule has 0 unspecified atom stereocenters. The molecular formula is C25H31N3O6. The lowest BCUT2D eigenvalue weighted by molar-refractivity contribution is -0.140. The Kier molecular flexibility index (Phi) is 10.6. The molecule has 2 rings (SSSR count). The van der Waals surface area contributed by atoms with Crippen molar-refractivity contribution in [2.45, 2.75) is 57.8 Å². The van der Waals surface area contributed by atoms with Crippen molar-refractivity contribution in [1.29, 1.82) is 0 Å². The lowest BCUT2D eigenvalue weighted by atomic mass is 10.0. The third-order valence-corrected chi connectivity index (χ3v) is 5.17. The van der Waals surface area contributed by atoms with Crippen LogP contribution in [0.25, 0.3) is 0 Å². The maximum absolute atomic E-state index is 12.8. The van der Waals surface area contributed by atoms with Crippen LogP contribution in [0.4, 0.5) is 4.79 Å². The van der Waals surface area contributed by atoms with Gasteiger partial charge < -0.3 is 25.8 Å². The Hall–Kier alpha value is -3.88. The Morgan fingerprint density at radius 3 is 1.94 bits per heavy atom. The predicted octanol–water partition coefficient (Wildman–Crippen LogP) is 2.92. The van der Waals surface area contributed by atoms with Gasteiger partial charge in [-0.2, -0.15) is 0 Å². The monoisotopic (exact) mass is 469 g/mol. The molecule has 2 aromatic rings. The average molecular weight is 470 g/mol. The second-order valence-electron chi connectivity index (χ2n) is 7.71. The highest BCUT2D eigenvalue weighted by atomic mass is 16.5. The predicted molar refractivity (Wildman–Crippen MR) is 126 cm³/mol. The highest BCUT2D eigenvalue weighted by Gasteiger charge is 2.29. The summed E-state index contributed by atoms with van der Waals surface area (Å²) in [6, 6.07) is 15.8. The number of ether oxygens (including phenoxy) is 1. The van der Waals surface area contributed by atoms with Gasteiger partial charge in [-0.15, -0.1) is 0 Å². The number of amides is 3. The lowest BCUT2D eigenvalue weighted by Crippen LogP contribution is -2.54. The maximum Gasteiger partial charge on any atom is 0.408 e. The lowest BCUT2D eigenvalue weighted by Gasteiger charge is -2.24. The first-order chi connectivity index (χ1) is 16.3. The molecule has 0 aliphatic heterocycles. The van der Waals surface area contributed by atoms with Crippen molar-refractivity contribution in [3.8, 4) is 0 Å². The first-order valence-electron chi connectivity index (χ1n) is 11.2. The molecule has 0 heterocycles. The summed E-state index contributed by atoms with van der Waals surface area (Å²) in [5.74, 6) is -2.46. The molecule has 4 N–H and O–H groups in total. The standard InChI is InChI=1S/C25H31N3O6/c1-3-19(18-13-9-6-10-14-18)26-23(31)20(4-2)27-24(32)21(15-22(29)30)28-25(33)34-16-17-11-7-5-8-12-17/h5-14,19-21H,3-4,15-16H2,1-2H3,(H,26,31)(H,27,32)(H,28,33)(H,29,30)/t19-,20+,21-/m0/s1. The topological polar surface area (TPSA) is 134 Å². The quantitative estimate of drug-likeness (QED) is 0.378. The first kappa shape index (κ1) is 26.4. The maximum atomic E-state index is 12.8. The summed E-state index contributed by atoms with van der Waals surface area (Å²) < 4.78 is 5.08. The van der Waals surface area contributed by atoms with Gasteiger partial charge in [0.25, 0.3) is 0 Å². The normalized spacial score (nSPS) is 13.1. The summed E-state index contributed by atoms with van der Waals surface area (Å²) in [6.07, 6.45) is -0.665. The largest absolute Gasteiger partial charge is 0.481 e. The van der Waals surface area contributed by atoms with Gasteiger partial charge in [0, 0.05) is 0 Å². The molecule has 0 bridgehead atoms. The molecule has 9 heteroatoms. The van der Waals surface area contributed by atoms with E-state index in [1.807, 2.05) is 43.3 Å². The molecule has 0 radical (unpaired) electrons. The van der Waals surface area contributed by atoms with Crippen molar-refractivity contribution >= 4 is 23.9 Å². The molecule has 0 spiro atoms. The third kappa shape index (κ3) is 8.57. The van der Waals surface area contributed by atoms with Gasteiger partial charge in [-0.3, -0.25) is 14.4 Å². The minimum absolute atomic E-state index is 0.0357. The number of carbonyl (C=O) groups is 4. The number of hydrogen-bond acceptors (Lipinski definition) is 5. The molecule has 0 aliphatic carbocycles. The molecule has 0 aromatic heterocycles. The third-order valence-electron chi connectivity index (χ3n) is 5.17. The van der Waals surface area contributed by atoms with Crippen molar-refractivity contribution in [2.24, 2.45) is 0 Å². The van der Waals surface area contributed by atoms with Crippen molar-refractivity contribution in [2.75, 3.05) is 0 Å². The van der Waals surface area contributed by atoms with Gasteiger partial charge in [0.15, 0.2) is 0 Å². The van der Waals surface area contributed by atoms with Crippen LogP contribution in [-0.2, 0) is 25.7 Å². The fourth-order valence-corrected chi connectivity index (χ4v) is 3.30.